The van der Waals surface area contributed by atoms with Crippen LogP contribution in [0.4, 0.5) is 4.79 Å². The Morgan fingerprint density at radius 2 is 2.07 bits per heavy atom. The molecule has 0 aromatic carbocycles. The summed E-state index contributed by atoms with van der Waals surface area (Å²) in [6.45, 7) is 10.7. The lowest BCUT2D eigenvalue weighted by Crippen LogP contribution is -2.42. The lowest BCUT2D eigenvalue weighted by atomic mass is 9.99. The number of rotatable bonds is 3. The van der Waals surface area contributed by atoms with E-state index in [2.05, 4.69) is 30.3 Å². The Hall–Kier alpha value is -2.15. The predicted octanol–water partition coefficient (Wildman–Crippen LogP) is 4.33. The van der Waals surface area contributed by atoms with E-state index in [1.54, 1.807) is 16.2 Å². The van der Waals surface area contributed by atoms with E-state index in [4.69, 9.17) is 9.72 Å². The normalized spacial score (nSPS) is 17.9. The second-order valence-electron chi connectivity index (χ2n) is 9.47. The molecule has 0 radical (unpaired) electrons. The molecule has 7 heteroatoms. The summed E-state index contributed by atoms with van der Waals surface area (Å²) in [5.74, 6) is 1.27. The van der Waals surface area contributed by atoms with E-state index in [1.165, 1.54) is 10.4 Å². The highest BCUT2D eigenvalue weighted by Gasteiger charge is 2.50. The first-order valence-corrected chi connectivity index (χ1v) is 11.2. The SMILES string of the molecule is CC(C)c1csc(C2(c3nc4c(c(=O)[nH]3)CN(C(=O)OC(C)(C)C)CC4)CC2)c1. The fourth-order valence-corrected chi connectivity index (χ4v) is 5.10. The van der Waals surface area contributed by atoms with E-state index in [0.717, 1.165) is 24.4 Å². The summed E-state index contributed by atoms with van der Waals surface area (Å²) in [6, 6.07) is 2.27. The number of fused-ring (bicyclic) bond motifs is 1. The number of amides is 1. The summed E-state index contributed by atoms with van der Waals surface area (Å²) in [5.41, 5.74) is 1.90. The van der Waals surface area contributed by atoms with Gasteiger partial charge in [0.1, 0.15) is 11.4 Å². The van der Waals surface area contributed by atoms with E-state index < -0.39 is 5.60 Å². The van der Waals surface area contributed by atoms with Crippen LogP contribution in [-0.2, 0) is 23.1 Å². The van der Waals surface area contributed by atoms with Crippen molar-refractivity contribution in [3.05, 3.63) is 49.3 Å². The van der Waals surface area contributed by atoms with Gasteiger partial charge in [-0.25, -0.2) is 9.78 Å². The lowest BCUT2D eigenvalue weighted by molar-refractivity contribution is 0.0221. The van der Waals surface area contributed by atoms with Crippen molar-refractivity contribution >= 4 is 17.4 Å². The monoisotopic (exact) mass is 415 g/mol. The van der Waals surface area contributed by atoms with Crippen molar-refractivity contribution in [2.24, 2.45) is 0 Å². The Labute approximate surface area is 175 Å². The van der Waals surface area contributed by atoms with Crippen molar-refractivity contribution < 1.29 is 9.53 Å². The van der Waals surface area contributed by atoms with Gasteiger partial charge in [0.2, 0.25) is 0 Å². The molecule has 156 valence electrons. The largest absolute Gasteiger partial charge is 0.444 e. The smallest absolute Gasteiger partial charge is 0.410 e. The first kappa shape index (κ1) is 20.1. The number of thiophene rings is 1. The van der Waals surface area contributed by atoms with E-state index in [-0.39, 0.29) is 23.6 Å². The van der Waals surface area contributed by atoms with Crippen LogP contribution < -0.4 is 5.56 Å². The zero-order valence-electron chi connectivity index (χ0n) is 17.8. The van der Waals surface area contributed by atoms with Crippen LogP contribution in [0.2, 0.25) is 0 Å². The van der Waals surface area contributed by atoms with Crippen molar-refractivity contribution in [1.82, 2.24) is 14.9 Å². The van der Waals surface area contributed by atoms with Crippen LogP contribution in [-0.4, -0.2) is 33.1 Å². The van der Waals surface area contributed by atoms with Crippen LogP contribution >= 0.6 is 11.3 Å². The number of ether oxygens (including phenoxy) is 1. The van der Waals surface area contributed by atoms with E-state index in [1.807, 2.05) is 20.8 Å². The number of nitrogens with zero attached hydrogens (tertiary/aromatic N) is 2. The van der Waals surface area contributed by atoms with Crippen LogP contribution in [0.5, 0.6) is 0 Å². The van der Waals surface area contributed by atoms with E-state index in [0.29, 0.717) is 24.4 Å². The van der Waals surface area contributed by atoms with Gasteiger partial charge in [0, 0.05) is 17.8 Å². The maximum Gasteiger partial charge on any atom is 0.410 e. The molecular weight excluding hydrogens is 386 g/mol. The number of H-pyrrole nitrogens is 1. The standard InChI is InChI=1S/C22H29N3O3S/c1-13(2)14-10-17(29-12-14)22(7-8-22)19-23-16-6-9-25(11-15(16)18(26)24-19)20(27)28-21(3,4)5/h10,12-13H,6-9,11H2,1-5H3,(H,23,24,26). The molecule has 1 N–H and O–H groups in total. The van der Waals surface area contributed by atoms with Crippen LogP contribution in [0.25, 0.3) is 0 Å². The summed E-state index contributed by atoms with van der Waals surface area (Å²) in [5, 5.41) is 2.22. The molecule has 0 saturated heterocycles. The van der Waals surface area contributed by atoms with Crippen molar-refractivity contribution in [2.45, 2.75) is 77.4 Å². The summed E-state index contributed by atoms with van der Waals surface area (Å²) in [7, 11) is 0. The van der Waals surface area contributed by atoms with Gasteiger partial charge in [-0.1, -0.05) is 13.8 Å². The highest BCUT2D eigenvalue weighted by molar-refractivity contribution is 7.10. The number of aromatic amines is 1. The molecule has 0 bridgehead atoms. The third-order valence-corrected chi connectivity index (χ3v) is 6.83. The maximum absolute atomic E-state index is 12.9. The van der Waals surface area contributed by atoms with Gasteiger partial charge in [0.25, 0.3) is 5.56 Å². The van der Waals surface area contributed by atoms with Gasteiger partial charge < -0.3 is 14.6 Å². The molecule has 2 aliphatic rings. The number of carbonyl (C=O) groups is 1. The van der Waals surface area contributed by atoms with Crippen molar-refractivity contribution in [2.75, 3.05) is 6.54 Å². The van der Waals surface area contributed by atoms with Crippen molar-refractivity contribution in [1.29, 1.82) is 0 Å². The second kappa shape index (κ2) is 6.97. The molecule has 2 aromatic rings. The lowest BCUT2D eigenvalue weighted by Gasteiger charge is -2.30. The van der Waals surface area contributed by atoms with Crippen LogP contribution in [0.1, 0.15) is 80.9 Å². The third kappa shape index (κ3) is 3.84. The Bertz CT molecular complexity index is 995. The average Bonchev–Trinajstić information content (AvgIpc) is 3.29. The molecule has 0 atom stereocenters. The van der Waals surface area contributed by atoms with Gasteiger partial charge in [-0.2, -0.15) is 0 Å². The highest BCUT2D eigenvalue weighted by Crippen LogP contribution is 2.54. The quantitative estimate of drug-likeness (QED) is 0.810. The molecule has 4 rings (SSSR count). The molecule has 1 fully saturated rings. The summed E-state index contributed by atoms with van der Waals surface area (Å²) < 4.78 is 5.46. The van der Waals surface area contributed by atoms with Crippen LogP contribution in [0.3, 0.4) is 0 Å². The summed E-state index contributed by atoms with van der Waals surface area (Å²) in [6.07, 6.45) is 2.21. The Balaban J connectivity index is 1.60. The minimum Gasteiger partial charge on any atom is -0.444 e. The number of hydrogen-bond acceptors (Lipinski definition) is 5. The molecular formula is C22H29N3O3S. The van der Waals surface area contributed by atoms with Gasteiger partial charge in [-0.05, 0) is 56.5 Å². The third-order valence-electron chi connectivity index (χ3n) is 5.68. The summed E-state index contributed by atoms with van der Waals surface area (Å²) >= 11 is 1.76. The minimum absolute atomic E-state index is 0.134. The minimum atomic E-state index is -0.556. The Morgan fingerprint density at radius 3 is 2.66 bits per heavy atom. The summed E-state index contributed by atoms with van der Waals surface area (Å²) in [4.78, 5) is 36.1. The van der Waals surface area contributed by atoms with Gasteiger partial charge in [0.05, 0.1) is 23.2 Å². The molecule has 2 aromatic heterocycles. The molecule has 0 spiro atoms. The Kier molecular flexibility index (Phi) is 4.84. The molecule has 1 saturated carbocycles. The van der Waals surface area contributed by atoms with Gasteiger partial charge in [-0.3, -0.25) is 4.79 Å². The van der Waals surface area contributed by atoms with Crippen molar-refractivity contribution in [3.63, 3.8) is 0 Å². The molecule has 6 nitrogen and oxygen atoms in total. The number of aromatic nitrogens is 2. The van der Waals surface area contributed by atoms with Gasteiger partial charge in [-0.15, -0.1) is 11.3 Å². The predicted molar refractivity (Wildman–Crippen MR) is 114 cm³/mol. The maximum atomic E-state index is 12.9. The van der Waals surface area contributed by atoms with Crippen LogP contribution in [0, 0.1) is 0 Å². The van der Waals surface area contributed by atoms with Gasteiger partial charge >= 0.3 is 6.09 Å². The van der Waals surface area contributed by atoms with E-state index >= 15 is 0 Å². The fraction of sp³-hybridized carbons (Fsp3) is 0.591. The number of nitrogens with one attached hydrogen (secondary N) is 1. The fourth-order valence-electron chi connectivity index (χ4n) is 3.76. The Morgan fingerprint density at radius 1 is 1.34 bits per heavy atom. The van der Waals surface area contributed by atoms with Gasteiger partial charge in [0.15, 0.2) is 0 Å². The molecule has 1 aliphatic carbocycles. The van der Waals surface area contributed by atoms with E-state index in [9.17, 15) is 9.59 Å². The zero-order chi connectivity index (χ0) is 21.0. The molecule has 29 heavy (non-hydrogen) atoms. The first-order valence-electron chi connectivity index (χ1n) is 10.3. The molecule has 1 amide bonds. The second-order valence-corrected chi connectivity index (χ2v) is 10.4. The number of hydrogen-bond donors (Lipinski definition) is 1. The van der Waals surface area contributed by atoms with Crippen LogP contribution in [0.15, 0.2) is 16.2 Å². The zero-order valence-corrected chi connectivity index (χ0v) is 18.6. The first-order chi connectivity index (χ1) is 13.6. The average molecular weight is 416 g/mol. The molecule has 0 unspecified atom stereocenters. The molecule has 3 heterocycles. The highest BCUT2D eigenvalue weighted by atomic mass is 32.1. The van der Waals surface area contributed by atoms with Crippen molar-refractivity contribution in [3.8, 4) is 0 Å². The topological polar surface area (TPSA) is 75.3 Å². The number of carbonyl (C=O) groups excluding carboxylic acids is 1. The molecule has 1 aliphatic heterocycles.